The summed E-state index contributed by atoms with van der Waals surface area (Å²) in [4.78, 5) is 19.1. The molecular weight excluding hydrogens is 380 g/mol. The summed E-state index contributed by atoms with van der Waals surface area (Å²) in [7, 11) is 0. The summed E-state index contributed by atoms with van der Waals surface area (Å²) in [5, 5.41) is 0. The molecule has 0 bridgehead atoms. The van der Waals surface area contributed by atoms with Crippen molar-refractivity contribution in [3.05, 3.63) is 22.8 Å². The molecule has 1 aromatic rings. The van der Waals surface area contributed by atoms with Crippen molar-refractivity contribution in [2.75, 3.05) is 13.1 Å². The second kappa shape index (κ2) is 9.02. The molecule has 1 amide bonds. The molecule has 1 saturated heterocycles. The predicted molar refractivity (Wildman–Crippen MR) is 103 cm³/mol. The molecule has 138 valence electrons. The van der Waals surface area contributed by atoms with Crippen molar-refractivity contribution in [1.82, 2.24) is 9.88 Å². The van der Waals surface area contributed by atoms with Gasteiger partial charge in [-0.25, -0.2) is 4.98 Å². The topological polar surface area (TPSA) is 42.4 Å². The molecule has 2 aliphatic rings. The first kappa shape index (κ1) is 18.7. The fourth-order valence-corrected chi connectivity index (χ4v) is 4.31. The molecule has 25 heavy (non-hydrogen) atoms. The summed E-state index contributed by atoms with van der Waals surface area (Å²) in [6.45, 7) is 3.77. The maximum atomic E-state index is 12.8. The van der Waals surface area contributed by atoms with E-state index in [2.05, 4.69) is 27.8 Å². The Hall–Kier alpha value is -1.10. The lowest BCUT2D eigenvalue weighted by molar-refractivity contribution is -0.136. The Labute approximate surface area is 159 Å². The van der Waals surface area contributed by atoms with Crippen LogP contribution in [-0.2, 0) is 4.79 Å². The van der Waals surface area contributed by atoms with Crippen LogP contribution in [0.3, 0.4) is 0 Å². The van der Waals surface area contributed by atoms with E-state index in [1.807, 2.05) is 17.0 Å². The van der Waals surface area contributed by atoms with Gasteiger partial charge < -0.3 is 9.64 Å². The molecule has 4 nitrogen and oxygen atoms in total. The highest BCUT2D eigenvalue weighted by Gasteiger charge is 2.34. The first-order chi connectivity index (χ1) is 12.2. The minimum absolute atomic E-state index is 0.0681. The van der Waals surface area contributed by atoms with Crippen molar-refractivity contribution in [1.29, 1.82) is 0 Å². The van der Waals surface area contributed by atoms with E-state index in [4.69, 9.17) is 4.74 Å². The number of aromatic nitrogens is 1. The van der Waals surface area contributed by atoms with Crippen LogP contribution in [0.4, 0.5) is 0 Å². The molecule has 0 N–H and O–H groups in total. The van der Waals surface area contributed by atoms with Gasteiger partial charge in [0.25, 0.3) is 0 Å². The van der Waals surface area contributed by atoms with Crippen LogP contribution in [0.5, 0.6) is 5.88 Å². The number of likely N-dealkylation sites (tertiary alicyclic amines) is 1. The number of hydrogen-bond acceptors (Lipinski definition) is 3. The lowest BCUT2D eigenvalue weighted by atomic mass is 9.79. The molecule has 0 radical (unpaired) electrons. The standard InChI is InChI=1S/C20H29BrN2O2/c1-2-3-4-15-5-7-16(8-6-15)20(24)23-12-11-18(14-23)25-19-10-9-17(21)13-22-19/h9-10,13,15-16,18H,2-8,11-12,14H2,1H3. The number of carbonyl (C=O) groups excluding carboxylic acids is 1. The first-order valence-corrected chi connectivity index (χ1v) is 10.5. The molecule has 1 aliphatic carbocycles. The summed E-state index contributed by atoms with van der Waals surface area (Å²) in [6.07, 6.45) is 11.3. The van der Waals surface area contributed by atoms with E-state index in [0.717, 1.165) is 36.2 Å². The van der Waals surface area contributed by atoms with Crippen LogP contribution >= 0.6 is 15.9 Å². The van der Waals surface area contributed by atoms with Gasteiger partial charge in [0.15, 0.2) is 0 Å². The first-order valence-electron chi connectivity index (χ1n) is 9.72. The Morgan fingerprint density at radius 1 is 1.28 bits per heavy atom. The van der Waals surface area contributed by atoms with E-state index in [0.29, 0.717) is 18.3 Å². The van der Waals surface area contributed by atoms with Gasteiger partial charge in [0, 0.05) is 35.6 Å². The SMILES string of the molecule is CCCCC1CCC(C(=O)N2CCC(Oc3ccc(Br)cn3)C2)CC1. The summed E-state index contributed by atoms with van der Waals surface area (Å²) in [5.41, 5.74) is 0. The van der Waals surface area contributed by atoms with Crippen molar-refractivity contribution >= 4 is 21.8 Å². The number of ether oxygens (including phenoxy) is 1. The number of carbonyl (C=O) groups is 1. The van der Waals surface area contributed by atoms with Crippen LogP contribution in [0.1, 0.15) is 58.3 Å². The Kier molecular flexibility index (Phi) is 6.74. The summed E-state index contributed by atoms with van der Waals surface area (Å²) >= 11 is 3.38. The van der Waals surface area contributed by atoms with E-state index in [1.54, 1.807) is 6.20 Å². The fraction of sp³-hybridized carbons (Fsp3) is 0.700. The van der Waals surface area contributed by atoms with Gasteiger partial charge in [-0.1, -0.05) is 26.2 Å². The van der Waals surface area contributed by atoms with Crippen molar-refractivity contribution in [3.8, 4) is 5.88 Å². The molecule has 1 aromatic heterocycles. The molecule has 5 heteroatoms. The molecule has 0 spiro atoms. The summed E-state index contributed by atoms with van der Waals surface area (Å²) in [6, 6.07) is 3.79. The summed E-state index contributed by atoms with van der Waals surface area (Å²) < 4.78 is 6.88. The minimum atomic E-state index is 0.0681. The van der Waals surface area contributed by atoms with Crippen LogP contribution in [0.15, 0.2) is 22.8 Å². The highest BCUT2D eigenvalue weighted by atomic mass is 79.9. The predicted octanol–water partition coefficient (Wildman–Crippen LogP) is 4.82. The van der Waals surface area contributed by atoms with Gasteiger partial charge in [-0.05, 0) is 53.6 Å². The van der Waals surface area contributed by atoms with Gasteiger partial charge in [-0.3, -0.25) is 4.79 Å². The maximum Gasteiger partial charge on any atom is 0.225 e. The Balaban J connectivity index is 1.44. The Morgan fingerprint density at radius 3 is 2.76 bits per heavy atom. The van der Waals surface area contributed by atoms with E-state index in [1.165, 1.54) is 32.1 Å². The van der Waals surface area contributed by atoms with Gasteiger partial charge in [0.2, 0.25) is 11.8 Å². The number of unbranched alkanes of at least 4 members (excludes halogenated alkanes) is 1. The van der Waals surface area contributed by atoms with Gasteiger partial charge in [0.05, 0.1) is 6.54 Å². The molecule has 1 atom stereocenters. The van der Waals surface area contributed by atoms with Crippen LogP contribution in [0.2, 0.25) is 0 Å². The number of rotatable bonds is 6. The number of halogens is 1. The zero-order valence-electron chi connectivity index (χ0n) is 15.1. The summed E-state index contributed by atoms with van der Waals surface area (Å²) in [5.74, 6) is 2.08. The van der Waals surface area contributed by atoms with E-state index in [9.17, 15) is 4.79 Å². The number of amides is 1. The van der Waals surface area contributed by atoms with E-state index < -0.39 is 0 Å². The van der Waals surface area contributed by atoms with Crippen molar-refractivity contribution < 1.29 is 9.53 Å². The highest BCUT2D eigenvalue weighted by molar-refractivity contribution is 9.10. The average Bonchev–Trinajstić information content (AvgIpc) is 3.10. The molecule has 3 rings (SSSR count). The number of hydrogen-bond donors (Lipinski definition) is 0. The lowest BCUT2D eigenvalue weighted by Gasteiger charge is -2.30. The van der Waals surface area contributed by atoms with Gasteiger partial charge in [-0.15, -0.1) is 0 Å². The molecule has 2 fully saturated rings. The van der Waals surface area contributed by atoms with E-state index >= 15 is 0 Å². The Bertz CT molecular complexity index is 555. The van der Waals surface area contributed by atoms with Gasteiger partial charge in [-0.2, -0.15) is 0 Å². The zero-order chi connectivity index (χ0) is 17.6. The monoisotopic (exact) mass is 408 g/mol. The fourth-order valence-electron chi connectivity index (χ4n) is 4.08. The highest BCUT2D eigenvalue weighted by Crippen LogP contribution is 2.33. The van der Waals surface area contributed by atoms with Gasteiger partial charge in [0.1, 0.15) is 6.10 Å². The van der Waals surface area contributed by atoms with Crippen LogP contribution < -0.4 is 4.74 Å². The van der Waals surface area contributed by atoms with Gasteiger partial charge >= 0.3 is 0 Å². The molecule has 1 aliphatic heterocycles. The molecule has 0 aromatic carbocycles. The number of nitrogens with zero attached hydrogens (tertiary/aromatic N) is 2. The number of pyridine rings is 1. The normalized spacial score (nSPS) is 26.6. The molecule has 1 unspecified atom stereocenters. The third-order valence-corrected chi connectivity index (χ3v) is 6.08. The minimum Gasteiger partial charge on any atom is -0.472 e. The largest absolute Gasteiger partial charge is 0.472 e. The average molecular weight is 409 g/mol. The van der Waals surface area contributed by atoms with E-state index in [-0.39, 0.29) is 12.0 Å². The quantitative estimate of drug-likeness (QED) is 0.677. The lowest BCUT2D eigenvalue weighted by Crippen LogP contribution is -2.37. The van der Waals surface area contributed by atoms with Crippen molar-refractivity contribution in [2.24, 2.45) is 11.8 Å². The smallest absolute Gasteiger partial charge is 0.225 e. The third-order valence-electron chi connectivity index (χ3n) is 5.61. The van der Waals surface area contributed by atoms with Crippen molar-refractivity contribution in [3.63, 3.8) is 0 Å². The third kappa shape index (κ3) is 5.19. The molecular formula is C20H29BrN2O2. The van der Waals surface area contributed by atoms with Crippen LogP contribution in [-0.4, -0.2) is 35.0 Å². The second-order valence-corrected chi connectivity index (χ2v) is 8.40. The second-order valence-electron chi connectivity index (χ2n) is 7.49. The Morgan fingerprint density at radius 2 is 2.08 bits per heavy atom. The zero-order valence-corrected chi connectivity index (χ0v) is 16.7. The molecule has 1 saturated carbocycles. The molecule has 2 heterocycles. The van der Waals surface area contributed by atoms with Crippen molar-refractivity contribution in [2.45, 2.75) is 64.4 Å². The van der Waals surface area contributed by atoms with Crippen LogP contribution in [0.25, 0.3) is 0 Å². The van der Waals surface area contributed by atoms with Crippen LogP contribution in [0, 0.1) is 11.8 Å². The maximum absolute atomic E-state index is 12.8.